The van der Waals surface area contributed by atoms with Crippen LogP contribution in [0.2, 0.25) is 5.02 Å². The molecule has 0 saturated heterocycles. The Morgan fingerprint density at radius 2 is 2.22 bits per heavy atom. The van der Waals surface area contributed by atoms with Gasteiger partial charge in [0, 0.05) is 19.0 Å². The summed E-state index contributed by atoms with van der Waals surface area (Å²) < 4.78 is 13.3. The van der Waals surface area contributed by atoms with E-state index >= 15 is 0 Å². The molecule has 0 amide bonds. The van der Waals surface area contributed by atoms with Crippen molar-refractivity contribution in [3.8, 4) is 0 Å². The summed E-state index contributed by atoms with van der Waals surface area (Å²) in [6, 6.07) is 4.88. The average molecular weight is 289 g/mol. The zero-order valence-electron chi connectivity index (χ0n) is 10.6. The summed E-state index contributed by atoms with van der Waals surface area (Å²) in [4.78, 5) is 2.68. The molecule has 0 aliphatic rings. The number of halogens is 2. The second-order valence-corrected chi connectivity index (χ2v) is 5.26. The molecule has 0 bridgehead atoms. The van der Waals surface area contributed by atoms with Gasteiger partial charge in [0.25, 0.3) is 0 Å². The lowest BCUT2D eigenvalue weighted by molar-refractivity contribution is 0.264. The van der Waals surface area contributed by atoms with E-state index in [0.717, 1.165) is 18.7 Å². The smallest absolute Gasteiger partial charge is 0.142 e. The number of rotatable bonds is 6. The minimum atomic E-state index is -0.382. The van der Waals surface area contributed by atoms with E-state index < -0.39 is 0 Å². The van der Waals surface area contributed by atoms with Crippen molar-refractivity contribution in [1.29, 1.82) is 0 Å². The summed E-state index contributed by atoms with van der Waals surface area (Å²) in [6.45, 7) is 6.34. The fraction of sp³-hybridized carbons (Fsp3) is 0.462. The van der Waals surface area contributed by atoms with Gasteiger partial charge in [-0.15, -0.1) is 0 Å². The minimum absolute atomic E-state index is 0.150. The van der Waals surface area contributed by atoms with Gasteiger partial charge in [0.15, 0.2) is 0 Å². The molecule has 5 heteroatoms. The van der Waals surface area contributed by atoms with Gasteiger partial charge >= 0.3 is 0 Å². The van der Waals surface area contributed by atoms with E-state index in [0.29, 0.717) is 11.5 Å². The summed E-state index contributed by atoms with van der Waals surface area (Å²) >= 11 is 10.6. The van der Waals surface area contributed by atoms with E-state index in [1.165, 1.54) is 6.07 Å². The van der Waals surface area contributed by atoms with Crippen LogP contribution < -0.4 is 5.73 Å². The highest BCUT2D eigenvalue weighted by molar-refractivity contribution is 7.80. The third-order valence-electron chi connectivity index (χ3n) is 2.86. The van der Waals surface area contributed by atoms with Crippen molar-refractivity contribution in [1.82, 2.24) is 4.90 Å². The summed E-state index contributed by atoms with van der Waals surface area (Å²) in [5.74, 6) is -0.232. The molecule has 0 aromatic heterocycles. The third kappa shape index (κ3) is 4.52. The Balaban J connectivity index is 2.67. The van der Waals surface area contributed by atoms with E-state index in [1.54, 1.807) is 6.07 Å². The quantitative estimate of drug-likeness (QED) is 0.815. The van der Waals surface area contributed by atoms with Crippen molar-refractivity contribution in [2.24, 2.45) is 11.7 Å². The summed E-state index contributed by atoms with van der Waals surface area (Å²) in [7, 11) is 0. The molecule has 0 spiro atoms. The second-order valence-electron chi connectivity index (χ2n) is 4.38. The first-order valence-electron chi connectivity index (χ1n) is 5.89. The molecule has 0 aliphatic heterocycles. The maximum Gasteiger partial charge on any atom is 0.142 e. The summed E-state index contributed by atoms with van der Waals surface area (Å²) in [5, 5.41) is 0.151. The second kappa shape index (κ2) is 7.02. The van der Waals surface area contributed by atoms with Gasteiger partial charge in [-0.1, -0.05) is 43.7 Å². The molecule has 0 fully saturated rings. The van der Waals surface area contributed by atoms with Gasteiger partial charge in [-0.25, -0.2) is 4.39 Å². The van der Waals surface area contributed by atoms with Crippen LogP contribution in [0.3, 0.4) is 0 Å². The van der Waals surface area contributed by atoms with Crippen molar-refractivity contribution < 1.29 is 4.39 Å². The normalized spacial score (nSPS) is 12.7. The molecule has 18 heavy (non-hydrogen) atoms. The first-order valence-corrected chi connectivity index (χ1v) is 6.68. The molecule has 1 aromatic rings. The number of nitrogens with zero attached hydrogens (tertiary/aromatic N) is 1. The summed E-state index contributed by atoms with van der Waals surface area (Å²) in [6.07, 6.45) is 0. The average Bonchev–Trinajstić information content (AvgIpc) is 2.32. The molecule has 2 nitrogen and oxygen atoms in total. The van der Waals surface area contributed by atoms with Crippen molar-refractivity contribution in [3.63, 3.8) is 0 Å². The molecule has 1 rings (SSSR count). The lowest BCUT2D eigenvalue weighted by Gasteiger charge is -2.23. The fourth-order valence-electron chi connectivity index (χ4n) is 1.68. The van der Waals surface area contributed by atoms with Crippen molar-refractivity contribution >= 4 is 28.8 Å². The van der Waals surface area contributed by atoms with Gasteiger partial charge in [-0.05, 0) is 24.2 Å². The van der Waals surface area contributed by atoms with E-state index in [9.17, 15) is 4.39 Å². The van der Waals surface area contributed by atoms with Crippen LogP contribution in [0.5, 0.6) is 0 Å². The molecule has 0 saturated carbocycles. The lowest BCUT2D eigenvalue weighted by Crippen LogP contribution is -2.33. The van der Waals surface area contributed by atoms with Gasteiger partial charge in [0.05, 0.1) is 10.0 Å². The third-order valence-corrected chi connectivity index (χ3v) is 3.56. The first-order chi connectivity index (χ1) is 8.43. The van der Waals surface area contributed by atoms with E-state index in [-0.39, 0.29) is 16.8 Å². The Kier molecular flexibility index (Phi) is 5.99. The van der Waals surface area contributed by atoms with Crippen molar-refractivity contribution in [3.05, 3.63) is 34.6 Å². The van der Waals surface area contributed by atoms with Gasteiger partial charge in [0.1, 0.15) is 5.82 Å². The summed E-state index contributed by atoms with van der Waals surface area (Å²) in [5.41, 5.74) is 6.50. The maximum absolute atomic E-state index is 13.3. The molecule has 1 aromatic carbocycles. The largest absolute Gasteiger partial charge is 0.393 e. The highest BCUT2D eigenvalue weighted by Crippen LogP contribution is 2.17. The van der Waals surface area contributed by atoms with Crippen LogP contribution in [0.15, 0.2) is 18.2 Å². The van der Waals surface area contributed by atoms with Crippen LogP contribution in [0.4, 0.5) is 4.39 Å². The minimum Gasteiger partial charge on any atom is -0.393 e. The molecular formula is C13H18ClFN2S. The maximum atomic E-state index is 13.3. The number of benzene rings is 1. The Hall–Kier alpha value is -0.710. The molecule has 100 valence electrons. The molecule has 2 N–H and O–H groups in total. The number of thiocarbonyl (C=S) groups is 1. The monoisotopic (exact) mass is 288 g/mol. The van der Waals surface area contributed by atoms with Crippen LogP contribution in [0.25, 0.3) is 0 Å². The highest BCUT2D eigenvalue weighted by Gasteiger charge is 2.12. The topological polar surface area (TPSA) is 29.3 Å². The lowest BCUT2D eigenvalue weighted by atomic mass is 10.1. The molecule has 0 radical (unpaired) electrons. The fourth-order valence-corrected chi connectivity index (χ4v) is 1.87. The van der Waals surface area contributed by atoms with E-state index in [2.05, 4.69) is 11.8 Å². The van der Waals surface area contributed by atoms with Gasteiger partial charge in [-0.3, -0.25) is 4.90 Å². The Bertz CT molecular complexity index is 425. The molecule has 0 heterocycles. The molecule has 1 unspecified atom stereocenters. The van der Waals surface area contributed by atoms with Gasteiger partial charge in [0.2, 0.25) is 0 Å². The van der Waals surface area contributed by atoms with Crippen molar-refractivity contribution in [2.75, 3.05) is 13.1 Å². The number of hydrogen-bond acceptors (Lipinski definition) is 2. The van der Waals surface area contributed by atoms with E-state index in [4.69, 9.17) is 29.6 Å². The number of nitrogens with two attached hydrogens (primary N) is 1. The SMILES string of the molecule is CCN(Cc1ccc(Cl)c(F)c1)CC(C)C(N)=S. The Labute approximate surface area is 118 Å². The van der Waals surface area contributed by atoms with Crippen LogP contribution in [0.1, 0.15) is 19.4 Å². The Morgan fingerprint density at radius 1 is 1.56 bits per heavy atom. The van der Waals surface area contributed by atoms with Crippen LogP contribution >= 0.6 is 23.8 Å². The number of hydrogen-bond donors (Lipinski definition) is 1. The van der Waals surface area contributed by atoms with Crippen molar-refractivity contribution in [2.45, 2.75) is 20.4 Å². The molecule has 1 atom stereocenters. The van der Waals surface area contributed by atoms with Crippen LogP contribution in [0, 0.1) is 11.7 Å². The van der Waals surface area contributed by atoms with Crippen LogP contribution in [-0.4, -0.2) is 23.0 Å². The standard InChI is InChI=1S/C13H18ClFN2S/c1-3-17(7-9(2)13(16)18)8-10-4-5-11(14)12(15)6-10/h4-6,9H,3,7-8H2,1-2H3,(H2,16,18). The molecule has 0 aliphatic carbocycles. The van der Waals surface area contributed by atoms with Gasteiger partial charge < -0.3 is 5.73 Å². The predicted octanol–water partition coefficient (Wildman–Crippen LogP) is 3.22. The predicted molar refractivity (Wildman–Crippen MR) is 78.3 cm³/mol. The zero-order valence-corrected chi connectivity index (χ0v) is 12.2. The van der Waals surface area contributed by atoms with E-state index in [1.807, 2.05) is 13.0 Å². The van der Waals surface area contributed by atoms with Gasteiger partial charge in [-0.2, -0.15) is 0 Å². The molecular weight excluding hydrogens is 271 g/mol. The first kappa shape index (κ1) is 15.3. The highest BCUT2D eigenvalue weighted by atomic mass is 35.5. The van der Waals surface area contributed by atoms with Crippen LogP contribution in [-0.2, 0) is 6.54 Å². The zero-order chi connectivity index (χ0) is 13.7. The Morgan fingerprint density at radius 3 is 2.72 bits per heavy atom.